The summed E-state index contributed by atoms with van der Waals surface area (Å²) in [5.74, 6) is 0.195. The van der Waals surface area contributed by atoms with Crippen molar-refractivity contribution in [3.05, 3.63) is 29.3 Å². The Kier molecular flexibility index (Phi) is 4.66. The van der Waals surface area contributed by atoms with Crippen LogP contribution in [0.1, 0.15) is 43.2 Å². The number of hydrogen-bond donors (Lipinski definition) is 2. The third kappa shape index (κ3) is 3.19. The molecule has 1 saturated heterocycles. The van der Waals surface area contributed by atoms with E-state index in [4.69, 9.17) is 10.9 Å². The third-order valence-corrected chi connectivity index (χ3v) is 3.79. The van der Waals surface area contributed by atoms with Gasteiger partial charge >= 0.3 is 0 Å². The van der Waals surface area contributed by atoms with E-state index in [0.717, 1.165) is 24.3 Å². The van der Waals surface area contributed by atoms with Gasteiger partial charge in [0.25, 0.3) is 0 Å². The van der Waals surface area contributed by atoms with E-state index in [1.54, 1.807) is 0 Å². The molecule has 0 radical (unpaired) electrons. The molecule has 1 aromatic carbocycles. The number of rotatable bonds is 2. The summed E-state index contributed by atoms with van der Waals surface area (Å²) in [6.07, 6.45) is 6.35. The number of oxime groups is 1. The lowest BCUT2D eigenvalue weighted by molar-refractivity contribution is 0.318. The van der Waals surface area contributed by atoms with Gasteiger partial charge in [0, 0.05) is 18.7 Å². The van der Waals surface area contributed by atoms with Crippen LogP contribution in [-0.4, -0.2) is 24.1 Å². The number of aryl methyl sites for hydroxylation is 1. The van der Waals surface area contributed by atoms with Crippen molar-refractivity contribution < 1.29 is 5.21 Å². The van der Waals surface area contributed by atoms with Gasteiger partial charge in [0.1, 0.15) is 0 Å². The van der Waals surface area contributed by atoms with E-state index in [-0.39, 0.29) is 5.84 Å². The molecule has 1 heterocycles. The lowest BCUT2D eigenvalue weighted by Gasteiger charge is -2.30. The Morgan fingerprint density at radius 3 is 2.42 bits per heavy atom. The van der Waals surface area contributed by atoms with Crippen LogP contribution in [0.2, 0.25) is 0 Å². The molecule has 1 aromatic rings. The van der Waals surface area contributed by atoms with Gasteiger partial charge in [-0.25, -0.2) is 0 Å². The highest BCUT2D eigenvalue weighted by Crippen LogP contribution is 2.27. The van der Waals surface area contributed by atoms with E-state index in [1.165, 1.54) is 37.7 Å². The summed E-state index contributed by atoms with van der Waals surface area (Å²) in [6, 6.07) is 5.97. The van der Waals surface area contributed by atoms with Crippen molar-refractivity contribution in [1.29, 1.82) is 0 Å². The van der Waals surface area contributed by atoms with Crippen LogP contribution < -0.4 is 10.6 Å². The van der Waals surface area contributed by atoms with Crippen LogP contribution in [0.5, 0.6) is 0 Å². The molecule has 4 nitrogen and oxygen atoms in total. The Labute approximate surface area is 114 Å². The van der Waals surface area contributed by atoms with Gasteiger partial charge in [-0.15, -0.1) is 0 Å². The van der Waals surface area contributed by atoms with Crippen LogP contribution in [0.15, 0.2) is 23.4 Å². The summed E-state index contributed by atoms with van der Waals surface area (Å²) in [7, 11) is 0. The van der Waals surface area contributed by atoms with Gasteiger partial charge in [-0.3, -0.25) is 0 Å². The van der Waals surface area contributed by atoms with Crippen LogP contribution in [-0.2, 0) is 0 Å². The zero-order chi connectivity index (χ0) is 13.7. The first kappa shape index (κ1) is 13.7. The van der Waals surface area contributed by atoms with Crippen molar-refractivity contribution >= 4 is 11.5 Å². The molecule has 1 fully saturated rings. The van der Waals surface area contributed by atoms with E-state index >= 15 is 0 Å². The van der Waals surface area contributed by atoms with Crippen molar-refractivity contribution in [2.24, 2.45) is 10.9 Å². The van der Waals surface area contributed by atoms with E-state index in [0.29, 0.717) is 0 Å². The quantitative estimate of drug-likeness (QED) is 0.372. The molecule has 4 heteroatoms. The number of nitrogens with zero attached hydrogens (tertiary/aromatic N) is 2. The summed E-state index contributed by atoms with van der Waals surface area (Å²) in [5, 5.41) is 12.1. The normalized spacial score (nSPS) is 17.9. The second kappa shape index (κ2) is 6.45. The van der Waals surface area contributed by atoms with Crippen LogP contribution in [0.4, 0.5) is 5.69 Å². The molecule has 0 unspecified atom stereocenters. The highest BCUT2D eigenvalue weighted by Gasteiger charge is 2.17. The van der Waals surface area contributed by atoms with Gasteiger partial charge in [0.2, 0.25) is 0 Å². The first-order chi connectivity index (χ1) is 9.24. The van der Waals surface area contributed by atoms with Crippen LogP contribution in [0, 0.1) is 6.92 Å². The van der Waals surface area contributed by atoms with Gasteiger partial charge in [0.05, 0.1) is 5.69 Å². The average molecular weight is 261 g/mol. The molecule has 2 rings (SSSR count). The number of anilines is 1. The largest absolute Gasteiger partial charge is 0.409 e. The second-order valence-electron chi connectivity index (χ2n) is 5.21. The zero-order valence-electron chi connectivity index (χ0n) is 11.6. The van der Waals surface area contributed by atoms with Gasteiger partial charge < -0.3 is 15.8 Å². The van der Waals surface area contributed by atoms with Gasteiger partial charge in [-0.2, -0.15) is 0 Å². The van der Waals surface area contributed by atoms with Crippen molar-refractivity contribution in [2.75, 3.05) is 18.0 Å². The molecule has 0 bridgehead atoms. The monoisotopic (exact) mass is 261 g/mol. The molecule has 0 spiro atoms. The molecule has 19 heavy (non-hydrogen) atoms. The van der Waals surface area contributed by atoms with E-state index in [9.17, 15) is 0 Å². The Morgan fingerprint density at radius 1 is 1.16 bits per heavy atom. The molecule has 0 saturated carbocycles. The number of para-hydroxylation sites is 1. The van der Waals surface area contributed by atoms with Crippen LogP contribution >= 0.6 is 0 Å². The molecular formula is C15H23N3O. The molecule has 0 aliphatic carbocycles. The molecule has 3 N–H and O–H groups in total. The first-order valence-corrected chi connectivity index (χ1v) is 7.06. The molecule has 0 atom stereocenters. The fraction of sp³-hybridized carbons (Fsp3) is 0.533. The third-order valence-electron chi connectivity index (χ3n) is 3.79. The minimum absolute atomic E-state index is 0.195. The van der Waals surface area contributed by atoms with Gasteiger partial charge in [0.15, 0.2) is 5.84 Å². The fourth-order valence-corrected chi connectivity index (χ4v) is 2.81. The number of nitrogens with two attached hydrogens (primary N) is 1. The number of benzene rings is 1. The van der Waals surface area contributed by atoms with E-state index in [1.807, 2.05) is 12.1 Å². The predicted molar refractivity (Wildman–Crippen MR) is 79.0 cm³/mol. The fourth-order valence-electron chi connectivity index (χ4n) is 2.81. The smallest absolute Gasteiger partial charge is 0.172 e. The van der Waals surface area contributed by atoms with Crippen LogP contribution in [0.25, 0.3) is 0 Å². The molecule has 1 aliphatic heterocycles. The highest BCUT2D eigenvalue weighted by atomic mass is 16.4. The second-order valence-corrected chi connectivity index (χ2v) is 5.21. The van der Waals surface area contributed by atoms with Crippen molar-refractivity contribution in [3.8, 4) is 0 Å². The minimum atomic E-state index is 0.195. The highest BCUT2D eigenvalue weighted by molar-refractivity contribution is 6.02. The average Bonchev–Trinajstić information content (AvgIpc) is 2.38. The van der Waals surface area contributed by atoms with Crippen molar-refractivity contribution in [1.82, 2.24) is 0 Å². The summed E-state index contributed by atoms with van der Waals surface area (Å²) in [6.45, 7) is 4.19. The van der Waals surface area contributed by atoms with Crippen LogP contribution in [0.3, 0.4) is 0 Å². The van der Waals surface area contributed by atoms with E-state index < -0.39 is 0 Å². The number of amidine groups is 1. The summed E-state index contributed by atoms with van der Waals surface area (Å²) >= 11 is 0. The maximum Gasteiger partial charge on any atom is 0.172 e. The lowest BCUT2D eigenvalue weighted by atomic mass is 10.0. The molecule has 0 amide bonds. The standard InChI is InChI=1S/C15H23N3O/c1-12-8-7-9-13(15(16)17-19)14(12)18-10-5-3-2-4-6-11-18/h7-9,19H,2-6,10-11H2,1H3,(H2,16,17). The zero-order valence-corrected chi connectivity index (χ0v) is 11.6. The molecule has 0 aromatic heterocycles. The Bertz CT molecular complexity index is 449. The lowest BCUT2D eigenvalue weighted by Crippen LogP contribution is -2.30. The summed E-state index contributed by atoms with van der Waals surface area (Å²) < 4.78 is 0. The SMILES string of the molecule is Cc1cccc(/C(N)=N/O)c1N1CCCCCCC1. The van der Waals surface area contributed by atoms with Crippen molar-refractivity contribution in [3.63, 3.8) is 0 Å². The Hall–Kier alpha value is -1.71. The molecular weight excluding hydrogens is 238 g/mol. The minimum Gasteiger partial charge on any atom is -0.409 e. The predicted octanol–water partition coefficient (Wildman–Crippen LogP) is 2.86. The maximum atomic E-state index is 8.95. The van der Waals surface area contributed by atoms with E-state index in [2.05, 4.69) is 23.0 Å². The Balaban J connectivity index is 2.35. The maximum absolute atomic E-state index is 8.95. The van der Waals surface area contributed by atoms with Gasteiger partial charge in [-0.1, -0.05) is 36.6 Å². The van der Waals surface area contributed by atoms with Gasteiger partial charge in [-0.05, 0) is 31.4 Å². The number of hydrogen-bond acceptors (Lipinski definition) is 3. The van der Waals surface area contributed by atoms with Crippen molar-refractivity contribution in [2.45, 2.75) is 39.0 Å². The first-order valence-electron chi connectivity index (χ1n) is 7.06. The summed E-state index contributed by atoms with van der Waals surface area (Å²) in [4.78, 5) is 2.39. The molecule has 104 valence electrons. The summed E-state index contributed by atoms with van der Waals surface area (Å²) in [5.41, 5.74) is 8.96. The Morgan fingerprint density at radius 2 is 1.79 bits per heavy atom. The topological polar surface area (TPSA) is 61.9 Å². The molecule has 1 aliphatic rings.